The van der Waals surface area contributed by atoms with Gasteiger partial charge < -0.3 is 14.8 Å². The number of benzene rings is 3. The molecule has 0 radical (unpaired) electrons. The lowest BCUT2D eigenvalue weighted by atomic mass is 10.1. The molecule has 172 valence electrons. The highest BCUT2D eigenvalue weighted by Gasteiger charge is 2.21. The zero-order valence-corrected chi connectivity index (χ0v) is 19.4. The largest absolute Gasteiger partial charge is 0.495 e. The Morgan fingerprint density at radius 1 is 0.939 bits per heavy atom. The first-order chi connectivity index (χ1) is 15.9. The van der Waals surface area contributed by atoms with E-state index in [1.807, 2.05) is 19.1 Å². The summed E-state index contributed by atoms with van der Waals surface area (Å²) in [6.07, 6.45) is 3.11. The molecule has 0 saturated heterocycles. The molecule has 0 saturated carbocycles. The Hall–Kier alpha value is -3.52. The molecule has 0 atom stereocenters. The maximum Gasteiger partial charge on any atom is 0.265 e. The Morgan fingerprint density at radius 3 is 2.39 bits per heavy atom. The van der Waals surface area contributed by atoms with Gasteiger partial charge in [0.15, 0.2) is 0 Å². The van der Waals surface area contributed by atoms with E-state index < -0.39 is 10.0 Å². The number of sulfonamides is 1. The van der Waals surface area contributed by atoms with Crippen LogP contribution in [0.5, 0.6) is 11.5 Å². The van der Waals surface area contributed by atoms with Gasteiger partial charge in [0.25, 0.3) is 15.9 Å². The minimum absolute atomic E-state index is 0.0781. The van der Waals surface area contributed by atoms with E-state index in [2.05, 4.69) is 10.0 Å². The Balaban J connectivity index is 1.56. The van der Waals surface area contributed by atoms with Crippen molar-refractivity contribution >= 4 is 27.3 Å². The van der Waals surface area contributed by atoms with E-state index in [4.69, 9.17) is 9.47 Å². The minimum atomic E-state index is -3.98. The van der Waals surface area contributed by atoms with Crippen molar-refractivity contribution in [3.63, 3.8) is 0 Å². The molecule has 7 nitrogen and oxygen atoms in total. The molecule has 3 aromatic rings. The molecule has 8 heteroatoms. The number of carbonyl (C=O) groups excluding carboxylic acids is 1. The highest BCUT2D eigenvalue weighted by atomic mass is 32.2. The van der Waals surface area contributed by atoms with Gasteiger partial charge in [0.2, 0.25) is 0 Å². The van der Waals surface area contributed by atoms with E-state index in [1.165, 1.54) is 30.4 Å². The van der Waals surface area contributed by atoms with Crippen LogP contribution in [0.3, 0.4) is 0 Å². The van der Waals surface area contributed by atoms with E-state index in [0.29, 0.717) is 29.3 Å². The summed E-state index contributed by atoms with van der Waals surface area (Å²) >= 11 is 0. The monoisotopic (exact) mass is 466 g/mol. The van der Waals surface area contributed by atoms with Gasteiger partial charge in [0.05, 0.1) is 13.7 Å². The van der Waals surface area contributed by atoms with Crippen LogP contribution in [0, 0.1) is 0 Å². The second-order valence-electron chi connectivity index (χ2n) is 7.72. The fourth-order valence-corrected chi connectivity index (χ4v) is 5.13. The smallest absolute Gasteiger partial charge is 0.265 e. The summed E-state index contributed by atoms with van der Waals surface area (Å²) in [5.41, 5.74) is 3.76. The molecule has 1 aliphatic rings. The van der Waals surface area contributed by atoms with Crippen LogP contribution in [0.2, 0.25) is 0 Å². The molecule has 2 N–H and O–H groups in total. The van der Waals surface area contributed by atoms with Crippen LogP contribution in [0.1, 0.15) is 34.8 Å². The zero-order chi connectivity index (χ0) is 23.4. The van der Waals surface area contributed by atoms with Crippen molar-refractivity contribution in [1.29, 1.82) is 0 Å². The molecule has 0 aromatic heterocycles. The first-order valence-electron chi connectivity index (χ1n) is 10.8. The Bertz CT molecular complexity index is 1270. The van der Waals surface area contributed by atoms with E-state index in [0.717, 1.165) is 19.3 Å². The third-order valence-corrected chi connectivity index (χ3v) is 6.89. The maximum absolute atomic E-state index is 13.1. The summed E-state index contributed by atoms with van der Waals surface area (Å²) in [4.78, 5) is 12.7. The minimum Gasteiger partial charge on any atom is -0.495 e. The summed E-state index contributed by atoms with van der Waals surface area (Å²) in [5.74, 6) is 0.524. The van der Waals surface area contributed by atoms with Crippen molar-refractivity contribution in [2.24, 2.45) is 0 Å². The quantitative estimate of drug-likeness (QED) is 0.505. The van der Waals surface area contributed by atoms with E-state index in [-0.39, 0.29) is 16.6 Å². The number of amides is 1. The highest BCUT2D eigenvalue weighted by Crippen LogP contribution is 2.30. The summed E-state index contributed by atoms with van der Waals surface area (Å²) in [7, 11) is -2.58. The van der Waals surface area contributed by atoms with Crippen LogP contribution in [-0.2, 0) is 22.9 Å². The van der Waals surface area contributed by atoms with E-state index in [1.54, 1.807) is 36.4 Å². The van der Waals surface area contributed by atoms with Gasteiger partial charge in [-0.1, -0.05) is 6.07 Å². The Labute approximate surface area is 193 Å². The van der Waals surface area contributed by atoms with Crippen molar-refractivity contribution in [3.05, 3.63) is 77.4 Å². The molecule has 0 unspecified atom stereocenters. The van der Waals surface area contributed by atoms with Gasteiger partial charge in [-0.15, -0.1) is 0 Å². The van der Waals surface area contributed by atoms with Crippen molar-refractivity contribution in [3.8, 4) is 11.5 Å². The highest BCUT2D eigenvalue weighted by molar-refractivity contribution is 7.92. The van der Waals surface area contributed by atoms with Crippen LogP contribution in [0.25, 0.3) is 0 Å². The van der Waals surface area contributed by atoms with Gasteiger partial charge in [0.1, 0.15) is 16.4 Å². The fourth-order valence-electron chi connectivity index (χ4n) is 3.88. The Morgan fingerprint density at radius 2 is 1.67 bits per heavy atom. The second kappa shape index (κ2) is 9.54. The van der Waals surface area contributed by atoms with Crippen LogP contribution < -0.4 is 19.5 Å². The van der Waals surface area contributed by atoms with Crippen LogP contribution >= 0.6 is 0 Å². The number of nitrogens with one attached hydrogen (secondary N) is 2. The van der Waals surface area contributed by atoms with Gasteiger partial charge in [-0.2, -0.15) is 0 Å². The number of anilines is 2. The molecule has 0 heterocycles. The molecular formula is C25H26N2O5S. The summed E-state index contributed by atoms with van der Waals surface area (Å²) in [5, 5.41) is 2.80. The SMILES string of the molecule is CCOc1ccc(NS(=O)(=O)c2cc(NC(=O)c3ccc4c(c3)CCC4)ccc2OC)cc1. The summed E-state index contributed by atoms with van der Waals surface area (Å²) in [6.45, 7) is 2.39. The molecule has 1 amide bonds. The number of aryl methyl sites for hydroxylation is 2. The number of rotatable bonds is 8. The van der Waals surface area contributed by atoms with Gasteiger partial charge in [-0.05, 0) is 91.9 Å². The first kappa shape index (κ1) is 22.7. The number of hydrogen-bond donors (Lipinski definition) is 2. The molecule has 3 aromatic carbocycles. The predicted molar refractivity (Wildman–Crippen MR) is 128 cm³/mol. The van der Waals surface area contributed by atoms with Crippen LogP contribution in [0.15, 0.2) is 65.6 Å². The third-order valence-electron chi connectivity index (χ3n) is 5.49. The molecule has 1 aliphatic carbocycles. The summed E-state index contributed by atoms with van der Waals surface area (Å²) < 4.78 is 39.4. The van der Waals surface area contributed by atoms with Crippen molar-refractivity contribution in [1.82, 2.24) is 0 Å². The molecule has 0 aliphatic heterocycles. The normalized spacial score (nSPS) is 12.7. The van der Waals surface area contributed by atoms with E-state index in [9.17, 15) is 13.2 Å². The third kappa shape index (κ3) is 5.12. The molecule has 0 fully saturated rings. The van der Waals surface area contributed by atoms with Crippen molar-refractivity contribution < 1.29 is 22.7 Å². The molecule has 0 bridgehead atoms. The number of carbonyl (C=O) groups is 1. The number of hydrogen-bond acceptors (Lipinski definition) is 5. The van der Waals surface area contributed by atoms with Gasteiger partial charge >= 0.3 is 0 Å². The standard InChI is InChI=1S/C25H26N2O5S/c1-3-32-22-12-9-20(10-13-22)27-33(29,30)24-16-21(11-14-23(24)31-2)26-25(28)19-8-7-17-5-4-6-18(17)15-19/h7-16,27H,3-6H2,1-2H3,(H,26,28). The number of ether oxygens (including phenoxy) is 2. The van der Waals surface area contributed by atoms with Gasteiger partial charge in [0, 0.05) is 16.9 Å². The van der Waals surface area contributed by atoms with E-state index >= 15 is 0 Å². The topological polar surface area (TPSA) is 93.7 Å². The molecular weight excluding hydrogens is 440 g/mol. The second-order valence-corrected chi connectivity index (χ2v) is 9.37. The van der Waals surface area contributed by atoms with Crippen LogP contribution in [0.4, 0.5) is 11.4 Å². The molecule has 4 rings (SSSR count). The number of fused-ring (bicyclic) bond motifs is 1. The number of methoxy groups -OCH3 is 1. The van der Waals surface area contributed by atoms with Crippen molar-refractivity contribution in [2.75, 3.05) is 23.8 Å². The Kier molecular flexibility index (Phi) is 6.55. The molecule has 0 spiro atoms. The van der Waals surface area contributed by atoms with Gasteiger partial charge in [-0.25, -0.2) is 8.42 Å². The summed E-state index contributed by atoms with van der Waals surface area (Å²) in [6, 6.07) is 16.8. The predicted octanol–water partition coefficient (Wildman–Crippen LogP) is 4.64. The van der Waals surface area contributed by atoms with Crippen LogP contribution in [-0.4, -0.2) is 28.0 Å². The van der Waals surface area contributed by atoms with Gasteiger partial charge in [-0.3, -0.25) is 9.52 Å². The lowest BCUT2D eigenvalue weighted by molar-refractivity contribution is 0.102. The fraction of sp³-hybridized carbons (Fsp3) is 0.240. The average molecular weight is 467 g/mol. The average Bonchev–Trinajstić information content (AvgIpc) is 3.28. The molecule has 33 heavy (non-hydrogen) atoms. The lowest BCUT2D eigenvalue weighted by Gasteiger charge is -2.14. The first-order valence-corrected chi connectivity index (χ1v) is 12.2. The zero-order valence-electron chi connectivity index (χ0n) is 18.6. The van der Waals surface area contributed by atoms with Crippen molar-refractivity contribution in [2.45, 2.75) is 31.1 Å². The maximum atomic E-state index is 13.1. The lowest BCUT2D eigenvalue weighted by Crippen LogP contribution is -2.16.